The van der Waals surface area contributed by atoms with Crippen LogP contribution in [0, 0.1) is 0 Å². The fourth-order valence-corrected chi connectivity index (χ4v) is 3.10. The van der Waals surface area contributed by atoms with Gasteiger partial charge in [0.05, 0.1) is 11.0 Å². The number of halogens is 1. The highest BCUT2D eigenvalue weighted by Gasteiger charge is 2.01. The van der Waals surface area contributed by atoms with Gasteiger partial charge < -0.3 is 16.0 Å². The van der Waals surface area contributed by atoms with Crippen molar-refractivity contribution in [3.05, 3.63) is 52.5 Å². The topological polar surface area (TPSA) is 79.1 Å². The quantitative estimate of drug-likeness (QED) is 0.221. The summed E-state index contributed by atoms with van der Waals surface area (Å²) in [6.45, 7) is 1.52. The number of para-hydroxylation sites is 2. The highest BCUT2D eigenvalue weighted by atomic mass is 127. The minimum Gasteiger partial charge on any atom is -0.370 e. The lowest BCUT2D eigenvalue weighted by molar-refractivity contribution is 0.785. The molecule has 0 aliphatic rings. The number of guanidine groups is 1. The van der Waals surface area contributed by atoms with Crippen LogP contribution in [0.15, 0.2) is 46.8 Å². The van der Waals surface area contributed by atoms with Crippen molar-refractivity contribution in [3.63, 3.8) is 0 Å². The fourth-order valence-electron chi connectivity index (χ4n) is 2.39. The molecule has 2 aromatic heterocycles. The minimum atomic E-state index is 0. The van der Waals surface area contributed by atoms with Gasteiger partial charge in [-0.3, -0.25) is 4.99 Å². The van der Waals surface area contributed by atoms with Gasteiger partial charge in [0.2, 0.25) is 0 Å². The van der Waals surface area contributed by atoms with E-state index in [2.05, 4.69) is 37.8 Å². The minimum absolute atomic E-state index is 0. The highest BCUT2D eigenvalue weighted by Crippen LogP contribution is 2.11. The maximum absolute atomic E-state index is 5.87. The maximum Gasteiger partial charge on any atom is 0.188 e. The average molecular weight is 455 g/mol. The van der Waals surface area contributed by atoms with E-state index in [1.807, 2.05) is 24.3 Å². The maximum atomic E-state index is 5.87. The standard InChI is InChI=1S/C17H21N5S.HI/c18-17(20-11-9-13-5-4-12-23-13)19-10-3-8-16-21-14-6-1-2-7-15(14)22-16;/h1-2,4-7,12H,3,8-11H2,(H,21,22)(H3,18,19,20);1H. The molecule has 0 atom stereocenters. The van der Waals surface area contributed by atoms with Gasteiger partial charge >= 0.3 is 0 Å². The van der Waals surface area contributed by atoms with Crippen LogP contribution in [0.3, 0.4) is 0 Å². The molecule has 2 heterocycles. The van der Waals surface area contributed by atoms with Gasteiger partial charge in [-0.05, 0) is 36.4 Å². The van der Waals surface area contributed by atoms with Crippen LogP contribution in [0.5, 0.6) is 0 Å². The smallest absolute Gasteiger partial charge is 0.188 e. The molecule has 3 aromatic rings. The first-order valence-corrected chi connectivity index (χ1v) is 8.69. The number of rotatable bonds is 7. The summed E-state index contributed by atoms with van der Waals surface area (Å²) in [5.41, 5.74) is 7.97. The van der Waals surface area contributed by atoms with Gasteiger partial charge in [0.15, 0.2) is 5.96 Å². The summed E-state index contributed by atoms with van der Waals surface area (Å²) in [5, 5.41) is 5.24. The van der Waals surface area contributed by atoms with Crippen LogP contribution < -0.4 is 11.1 Å². The average Bonchev–Trinajstić information content (AvgIpc) is 3.20. The number of fused-ring (bicyclic) bond motifs is 1. The molecule has 1 aromatic carbocycles. The number of H-pyrrole nitrogens is 1. The first kappa shape index (κ1) is 18.7. The van der Waals surface area contributed by atoms with Crippen LogP contribution in [0.25, 0.3) is 11.0 Å². The molecule has 0 spiro atoms. The van der Waals surface area contributed by atoms with Crippen molar-refractivity contribution in [2.45, 2.75) is 19.3 Å². The number of nitrogens with zero attached hydrogens (tertiary/aromatic N) is 2. The number of nitrogens with two attached hydrogens (primary N) is 1. The Morgan fingerprint density at radius 2 is 2.08 bits per heavy atom. The van der Waals surface area contributed by atoms with E-state index in [9.17, 15) is 0 Å². The predicted molar refractivity (Wildman–Crippen MR) is 112 cm³/mol. The van der Waals surface area contributed by atoms with Crippen LogP contribution >= 0.6 is 35.3 Å². The number of aryl methyl sites for hydroxylation is 1. The second-order valence-electron chi connectivity index (χ2n) is 5.33. The molecule has 0 bridgehead atoms. The molecule has 0 saturated heterocycles. The Hall–Kier alpha value is -1.61. The molecule has 4 N–H and O–H groups in total. The van der Waals surface area contributed by atoms with Crippen molar-refractivity contribution in [1.82, 2.24) is 15.3 Å². The first-order valence-electron chi connectivity index (χ1n) is 7.81. The lowest BCUT2D eigenvalue weighted by atomic mass is 10.3. The van der Waals surface area contributed by atoms with Crippen molar-refractivity contribution in [2.24, 2.45) is 10.7 Å². The zero-order valence-electron chi connectivity index (χ0n) is 13.4. The monoisotopic (exact) mass is 455 g/mol. The molecule has 0 radical (unpaired) electrons. The molecule has 0 aliphatic heterocycles. The lowest BCUT2D eigenvalue weighted by Gasteiger charge is -2.04. The van der Waals surface area contributed by atoms with E-state index in [0.717, 1.165) is 42.7 Å². The number of nitrogens with one attached hydrogen (secondary N) is 2. The summed E-state index contributed by atoms with van der Waals surface area (Å²) in [6.07, 6.45) is 2.78. The number of imidazole rings is 1. The van der Waals surface area contributed by atoms with E-state index in [4.69, 9.17) is 5.73 Å². The predicted octanol–water partition coefficient (Wildman–Crippen LogP) is 3.32. The number of benzene rings is 1. The van der Waals surface area contributed by atoms with E-state index in [1.54, 1.807) is 11.3 Å². The molecule has 0 fully saturated rings. The number of hydrogen-bond donors (Lipinski definition) is 3. The molecule has 3 rings (SSSR count). The third kappa shape index (κ3) is 5.48. The lowest BCUT2D eigenvalue weighted by Crippen LogP contribution is -2.33. The normalized spacial score (nSPS) is 11.4. The van der Waals surface area contributed by atoms with E-state index < -0.39 is 0 Å². The molecule has 0 unspecified atom stereocenters. The zero-order chi connectivity index (χ0) is 15.9. The Bertz CT molecular complexity index is 733. The fraction of sp³-hybridized carbons (Fsp3) is 0.294. The second-order valence-corrected chi connectivity index (χ2v) is 6.36. The molecule has 24 heavy (non-hydrogen) atoms. The van der Waals surface area contributed by atoms with E-state index in [0.29, 0.717) is 12.5 Å². The molecule has 0 amide bonds. The van der Waals surface area contributed by atoms with Gasteiger partial charge in [-0.2, -0.15) is 0 Å². The molecular weight excluding hydrogens is 433 g/mol. The summed E-state index contributed by atoms with van der Waals surface area (Å²) in [5.74, 6) is 1.52. The van der Waals surface area contributed by atoms with Crippen molar-refractivity contribution in [3.8, 4) is 0 Å². The number of aliphatic imine (C=N–C) groups is 1. The van der Waals surface area contributed by atoms with Crippen molar-refractivity contribution >= 4 is 52.3 Å². The first-order chi connectivity index (χ1) is 11.3. The second kappa shape index (κ2) is 9.63. The van der Waals surface area contributed by atoms with Gasteiger partial charge in [-0.15, -0.1) is 35.3 Å². The Kier molecular flexibility index (Phi) is 7.51. The van der Waals surface area contributed by atoms with Crippen molar-refractivity contribution < 1.29 is 0 Å². The number of hydrogen-bond acceptors (Lipinski definition) is 3. The number of aromatic amines is 1. The molecule has 7 heteroatoms. The molecule has 0 aliphatic carbocycles. The Morgan fingerprint density at radius 1 is 1.21 bits per heavy atom. The summed E-state index contributed by atoms with van der Waals surface area (Å²) in [7, 11) is 0. The largest absolute Gasteiger partial charge is 0.370 e. The Balaban J connectivity index is 0.00000208. The van der Waals surface area contributed by atoms with Gasteiger partial charge in [-0.25, -0.2) is 4.98 Å². The molecule has 5 nitrogen and oxygen atoms in total. The van der Waals surface area contributed by atoms with Crippen molar-refractivity contribution in [2.75, 3.05) is 13.1 Å². The van der Waals surface area contributed by atoms with E-state index >= 15 is 0 Å². The van der Waals surface area contributed by atoms with Crippen LogP contribution in [0.1, 0.15) is 17.1 Å². The third-order valence-corrected chi connectivity index (χ3v) is 4.49. The molecule has 128 valence electrons. The van der Waals surface area contributed by atoms with Crippen LogP contribution in [-0.4, -0.2) is 29.0 Å². The Labute approximate surface area is 162 Å². The molecule has 0 saturated carbocycles. The molecular formula is C17H22IN5S. The van der Waals surface area contributed by atoms with E-state index in [1.165, 1.54) is 4.88 Å². The summed E-state index contributed by atoms with van der Waals surface area (Å²) < 4.78 is 0. The van der Waals surface area contributed by atoms with Gasteiger partial charge in [0.1, 0.15) is 5.82 Å². The summed E-state index contributed by atoms with van der Waals surface area (Å²) in [6, 6.07) is 12.3. The van der Waals surface area contributed by atoms with Gasteiger partial charge in [-0.1, -0.05) is 18.2 Å². The summed E-state index contributed by atoms with van der Waals surface area (Å²) >= 11 is 1.76. The highest BCUT2D eigenvalue weighted by molar-refractivity contribution is 14.0. The van der Waals surface area contributed by atoms with Crippen molar-refractivity contribution in [1.29, 1.82) is 0 Å². The van der Waals surface area contributed by atoms with Gasteiger partial charge in [0.25, 0.3) is 0 Å². The summed E-state index contributed by atoms with van der Waals surface area (Å²) in [4.78, 5) is 13.6. The SMILES string of the molecule is I.NC(=NCCCc1nc2ccccc2[nH]1)NCCc1cccs1. The number of aromatic nitrogens is 2. The Morgan fingerprint density at radius 3 is 2.88 bits per heavy atom. The van der Waals surface area contributed by atoms with Gasteiger partial charge in [0, 0.05) is 24.4 Å². The third-order valence-electron chi connectivity index (χ3n) is 3.55. The number of thiophene rings is 1. The van der Waals surface area contributed by atoms with Crippen LogP contribution in [-0.2, 0) is 12.8 Å². The van der Waals surface area contributed by atoms with Crippen LogP contribution in [0.2, 0.25) is 0 Å². The van der Waals surface area contributed by atoms with Crippen LogP contribution in [0.4, 0.5) is 0 Å². The zero-order valence-corrected chi connectivity index (χ0v) is 16.5. The van der Waals surface area contributed by atoms with E-state index in [-0.39, 0.29) is 24.0 Å².